The number of hydrogen-bond acceptors (Lipinski definition) is 4. The van der Waals surface area contributed by atoms with Gasteiger partial charge in [0, 0.05) is 5.02 Å². The van der Waals surface area contributed by atoms with Crippen LogP contribution in [-0.2, 0) is 11.3 Å². The molecule has 0 aromatic heterocycles. The Morgan fingerprint density at radius 1 is 1.21 bits per heavy atom. The average Bonchev–Trinajstić information content (AvgIpc) is 2.95. The predicted octanol–water partition coefficient (Wildman–Crippen LogP) is 4.40. The van der Waals surface area contributed by atoms with Crippen molar-refractivity contribution >= 4 is 40.9 Å². The van der Waals surface area contributed by atoms with Crippen LogP contribution in [0.1, 0.15) is 24.5 Å². The van der Waals surface area contributed by atoms with Crippen molar-refractivity contribution in [2.24, 2.45) is 0 Å². The number of nitrogens with one attached hydrogen (secondary N) is 1. The first-order chi connectivity index (χ1) is 13.5. The molecule has 1 fully saturated rings. The number of ether oxygens (including phenoxy) is 2. The number of hydrogen-bond donors (Lipinski definition) is 1. The van der Waals surface area contributed by atoms with Gasteiger partial charge in [-0.2, -0.15) is 0 Å². The van der Waals surface area contributed by atoms with Crippen molar-refractivity contribution in [2.45, 2.75) is 19.9 Å². The van der Waals surface area contributed by atoms with Crippen molar-refractivity contribution in [1.82, 2.24) is 10.2 Å². The van der Waals surface area contributed by atoms with E-state index in [1.54, 1.807) is 19.3 Å². The minimum absolute atomic E-state index is 0.199. The molecule has 0 atom stereocenters. The minimum Gasteiger partial charge on any atom is -0.493 e. The summed E-state index contributed by atoms with van der Waals surface area (Å²) in [5, 5.41) is 3.93. The molecule has 146 valence electrons. The number of carbonyl (C=O) groups excluding carboxylic acids is 1. The summed E-state index contributed by atoms with van der Waals surface area (Å²) in [5.41, 5.74) is 2.04. The second-order valence-corrected chi connectivity index (χ2v) is 7.02. The van der Waals surface area contributed by atoms with E-state index in [1.165, 1.54) is 4.90 Å². The molecule has 0 saturated carbocycles. The first-order valence-corrected chi connectivity index (χ1v) is 9.71. The lowest BCUT2D eigenvalue weighted by Crippen LogP contribution is -2.30. The van der Waals surface area contributed by atoms with Crippen molar-refractivity contribution in [3.8, 4) is 11.5 Å². The van der Waals surface area contributed by atoms with Gasteiger partial charge in [-0.05, 0) is 54.0 Å². The maximum absolute atomic E-state index is 12.8. The zero-order valence-corrected chi connectivity index (χ0v) is 17.3. The number of halogens is 1. The monoisotopic (exact) mass is 416 g/mol. The van der Waals surface area contributed by atoms with Crippen molar-refractivity contribution in [1.29, 1.82) is 0 Å². The fraction of sp³-hybridized carbons (Fsp3) is 0.238. The van der Waals surface area contributed by atoms with E-state index < -0.39 is 0 Å². The Morgan fingerprint density at radius 3 is 2.71 bits per heavy atom. The number of nitrogens with zero attached hydrogens (tertiary/aromatic N) is 1. The van der Waals surface area contributed by atoms with Gasteiger partial charge in [0.05, 0.1) is 20.3 Å². The average molecular weight is 417 g/mol. The first-order valence-electron chi connectivity index (χ1n) is 8.92. The van der Waals surface area contributed by atoms with Gasteiger partial charge >= 0.3 is 0 Å². The molecule has 1 heterocycles. The van der Waals surface area contributed by atoms with Crippen molar-refractivity contribution in [3.63, 3.8) is 0 Å². The molecule has 0 aliphatic carbocycles. The molecule has 1 amide bonds. The van der Waals surface area contributed by atoms with Crippen LogP contribution in [-0.4, -0.2) is 29.6 Å². The third-order valence-electron chi connectivity index (χ3n) is 4.21. The van der Waals surface area contributed by atoms with E-state index >= 15 is 0 Å². The van der Waals surface area contributed by atoms with Gasteiger partial charge in [0.15, 0.2) is 16.6 Å². The molecule has 2 aromatic rings. The van der Waals surface area contributed by atoms with Crippen LogP contribution in [0.4, 0.5) is 0 Å². The van der Waals surface area contributed by atoms with Gasteiger partial charge in [-0.3, -0.25) is 9.69 Å². The van der Waals surface area contributed by atoms with Crippen LogP contribution < -0.4 is 14.8 Å². The SMILES string of the molecule is CCCOc1ccc(/C=C2\NC(=S)N(Cc3ccccc3Cl)C2=O)cc1OC. The molecule has 2 aromatic carbocycles. The zero-order valence-electron chi connectivity index (χ0n) is 15.7. The fourth-order valence-electron chi connectivity index (χ4n) is 2.78. The Hall–Kier alpha value is -2.57. The van der Waals surface area contributed by atoms with Crippen molar-refractivity contribution < 1.29 is 14.3 Å². The summed E-state index contributed by atoms with van der Waals surface area (Å²) in [6.45, 7) is 2.97. The Bertz CT molecular complexity index is 930. The molecule has 28 heavy (non-hydrogen) atoms. The van der Waals surface area contributed by atoms with E-state index in [0.717, 1.165) is 17.5 Å². The van der Waals surface area contributed by atoms with E-state index in [4.69, 9.17) is 33.3 Å². The lowest BCUT2D eigenvalue weighted by molar-refractivity contribution is -0.122. The molecular weight excluding hydrogens is 396 g/mol. The summed E-state index contributed by atoms with van der Waals surface area (Å²) < 4.78 is 11.1. The molecule has 3 rings (SSSR count). The van der Waals surface area contributed by atoms with Crippen molar-refractivity contribution in [2.75, 3.05) is 13.7 Å². The predicted molar refractivity (Wildman–Crippen MR) is 114 cm³/mol. The van der Waals surface area contributed by atoms with Gasteiger partial charge in [0.1, 0.15) is 5.70 Å². The molecule has 1 saturated heterocycles. The molecule has 5 nitrogen and oxygen atoms in total. The number of benzene rings is 2. The molecule has 1 N–H and O–H groups in total. The normalized spacial score (nSPS) is 15.1. The lowest BCUT2D eigenvalue weighted by Gasteiger charge is -2.14. The highest BCUT2D eigenvalue weighted by atomic mass is 35.5. The van der Waals surface area contributed by atoms with E-state index in [-0.39, 0.29) is 5.91 Å². The minimum atomic E-state index is -0.199. The van der Waals surface area contributed by atoms with Gasteiger partial charge < -0.3 is 14.8 Å². The molecule has 7 heteroatoms. The molecular formula is C21H21ClN2O3S. The van der Waals surface area contributed by atoms with Crippen molar-refractivity contribution in [3.05, 3.63) is 64.3 Å². The number of rotatable bonds is 7. The highest BCUT2D eigenvalue weighted by Gasteiger charge is 2.31. The smallest absolute Gasteiger partial charge is 0.276 e. The number of amides is 1. The summed E-state index contributed by atoms with van der Waals surface area (Å²) in [6, 6.07) is 12.9. The number of carbonyl (C=O) groups is 1. The molecule has 1 aliphatic heterocycles. The highest BCUT2D eigenvalue weighted by Crippen LogP contribution is 2.29. The second-order valence-electron chi connectivity index (χ2n) is 6.23. The zero-order chi connectivity index (χ0) is 20.1. The van der Waals surface area contributed by atoms with Crippen LogP contribution in [0.5, 0.6) is 11.5 Å². The quantitative estimate of drug-likeness (QED) is 0.535. The molecule has 0 spiro atoms. The standard InChI is InChI=1S/C21H21ClN2O3S/c1-3-10-27-18-9-8-14(12-19(18)26-2)11-17-20(25)24(21(28)23-17)13-15-6-4-5-7-16(15)22/h4-9,11-12H,3,10,13H2,1-2H3,(H,23,28)/b17-11-. The van der Waals surface area contributed by atoms with Crippen LogP contribution in [0.2, 0.25) is 5.02 Å². The Kier molecular flexibility index (Phi) is 6.54. The van der Waals surface area contributed by atoms with Crippen LogP contribution in [0.25, 0.3) is 6.08 Å². The van der Waals surface area contributed by atoms with Gasteiger partial charge in [-0.15, -0.1) is 0 Å². The maximum Gasteiger partial charge on any atom is 0.276 e. The lowest BCUT2D eigenvalue weighted by atomic mass is 10.1. The second kappa shape index (κ2) is 9.08. The van der Waals surface area contributed by atoms with Crippen LogP contribution >= 0.6 is 23.8 Å². The summed E-state index contributed by atoms with van der Waals surface area (Å²) in [4.78, 5) is 14.3. The summed E-state index contributed by atoms with van der Waals surface area (Å²) >= 11 is 11.5. The van der Waals surface area contributed by atoms with Crippen LogP contribution in [0, 0.1) is 0 Å². The van der Waals surface area contributed by atoms with Crippen LogP contribution in [0.3, 0.4) is 0 Å². The van der Waals surface area contributed by atoms with Gasteiger partial charge in [0.2, 0.25) is 0 Å². The summed E-state index contributed by atoms with van der Waals surface area (Å²) in [5.74, 6) is 1.09. The van der Waals surface area contributed by atoms with Gasteiger partial charge in [-0.1, -0.05) is 42.8 Å². The molecule has 0 bridgehead atoms. The summed E-state index contributed by atoms with van der Waals surface area (Å²) in [6.07, 6.45) is 2.65. The Morgan fingerprint density at radius 2 is 2.00 bits per heavy atom. The first kappa shape index (κ1) is 20.2. The third kappa shape index (κ3) is 4.46. The van der Waals surface area contributed by atoms with Crippen LogP contribution in [0.15, 0.2) is 48.2 Å². The van der Waals surface area contributed by atoms with Gasteiger partial charge in [-0.25, -0.2) is 0 Å². The fourth-order valence-corrected chi connectivity index (χ4v) is 3.24. The van der Waals surface area contributed by atoms with E-state index in [0.29, 0.717) is 40.5 Å². The molecule has 0 radical (unpaired) electrons. The number of thiocarbonyl (C=S) groups is 1. The summed E-state index contributed by atoms with van der Waals surface area (Å²) in [7, 11) is 1.59. The maximum atomic E-state index is 12.8. The van der Waals surface area contributed by atoms with E-state index in [9.17, 15) is 4.79 Å². The molecule has 0 unspecified atom stereocenters. The third-order valence-corrected chi connectivity index (χ3v) is 4.90. The Balaban J connectivity index is 1.80. The van der Waals surface area contributed by atoms with E-state index in [2.05, 4.69) is 5.32 Å². The highest BCUT2D eigenvalue weighted by molar-refractivity contribution is 7.80. The number of methoxy groups -OCH3 is 1. The largest absolute Gasteiger partial charge is 0.493 e. The van der Waals surface area contributed by atoms with Gasteiger partial charge in [0.25, 0.3) is 5.91 Å². The molecule has 1 aliphatic rings. The topological polar surface area (TPSA) is 50.8 Å². The van der Waals surface area contributed by atoms with E-state index in [1.807, 2.05) is 43.3 Å². The Labute approximate surface area is 174 Å².